The minimum Gasteiger partial charge on any atom is -0.480 e. The highest BCUT2D eigenvalue weighted by molar-refractivity contribution is 6.08. The van der Waals surface area contributed by atoms with E-state index in [1.165, 1.54) is 0 Å². The van der Waals surface area contributed by atoms with Gasteiger partial charge in [0.2, 0.25) is 5.41 Å². The molecule has 4 rings (SSSR count). The van der Waals surface area contributed by atoms with Crippen LogP contribution in [0.5, 0.6) is 0 Å². The molecule has 0 radical (unpaired) electrons. The largest absolute Gasteiger partial charge is 0.480 e. The molecule has 0 amide bonds. The highest BCUT2D eigenvalue weighted by Gasteiger charge is 2.64. The van der Waals surface area contributed by atoms with Gasteiger partial charge < -0.3 is 5.11 Å². The van der Waals surface area contributed by atoms with E-state index in [2.05, 4.69) is 10.2 Å². The molecule has 0 saturated heterocycles. The highest BCUT2D eigenvalue weighted by Crippen LogP contribution is 2.58. The number of Topliss-reactive ketones (excluding diaryl/α,β-unsaturated/α-hetero) is 1. The van der Waals surface area contributed by atoms with Gasteiger partial charge >= 0.3 is 5.97 Å². The van der Waals surface area contributed by atoms with Crippen LogP contribution >= 0.6 is 0 Å². The molecule has 2 aliphatic carbocycles. The van der Waals surface area contributed by atoms with E-state index in [1.807, 2.05) is 36.4 Å². The van der Waals surface area contributed by atoms with Gasteiger partial charge in [0.15, 0.2) is 5.78 Å². The number of carboxylic acid groups (broad SMARTS) is 1. The summed E-state index contributed by atoms with van der Waals surface area (Å²) in [4.78, 5) is 25.1. The van der Waals surface area contributed by atoms with E-state index in [-0.39, 0.29) is 12.3 Å². The summed E-state index contributed by atoms with van der Waals surface area (Å²) in [6.07, 6.45) is 3.25. The van der Waals surface area contributed by atoms with E-state index in [0.29, 0.717) is 0 Å². The summed E-state index contributed by atoms with van der Waals surface area (Å²) < 4.78 is 0. The van der Waals surface area contributed by atoms with Crippen molar-refractivity contribution in [2.75, 3.05) is 0 Å². The van der Waals surface area contributed by atoms with Crippen molar-refractivity contribution in [2.24, 2.45) is 17.3 Å². The molecule has 0 bridgehead atoms. The molecule has 4 atom stereocenters. The lowest BCUT2D eigenvalue weighted by atomic mass is 9.47. The molecule has 6 heteroatoms. The molecule has 2 N–H and O–H groups in total. The zero-order chi connectivity index (χ0) is 18.5. The Bertz CT molecular complexity index is 929. The maximum Gasteiger partial charge on any atom is 0.331 e. The third kappa shape index (κ3) is 1.88. The number of nitriles is 1. The van der Waals surface area contributed by atoms with Crippen LogP contribution in [0.1, 0.15) is 36.6 Å². The molecule has 1 heterocycles. The van der Waals surface area contributed by atoms with Crippen LogP contribution in [0, 0.1) is 28.6 Å². The number of carboxylic acids is 1. The van der Waals surface area contributed by atoms with Crippen LogP contribution in [0.4, 0.5) is 0 Å². The molecule has 2 aromatic rings. The fraction of sp³-hybridized carbons (Fsp3) is 0.400. The Morgan fingerprint density at radius 2 is 2.12 bits per heavy atom. The van der Waals surface area contributed by atoms with Gasteiger partial charge in [-0.2, -0.15) is 10.4 Å². The molecule has 1 saturated carbocycles. The molecule has 0 aliphatic heterocycles. The van der Waals surface area contributed by atoms with E-state index in [9.17, 15) is 20.0 Å². The molecule has 2 unspecified atom stereocenters. The number of carbonyl (C=O) groups excluding carboxylic acids is 1. The highest BCUT2D eigenvalue weighted by atomic mass is 16.4. The summed E-state index contributed by atoms with van der Waals surface area (Å²) in [5.74, 6) is -2.45. The van der Waals surface area contributed by atoms with Crippen molar-refractivity contribution >= 4 is 11.8 Å². The summed E-state index contributed by atoms with van der Waals surface area (Å²) in [7, 11) is 0. The number of aromatic amines is 1. The first kappa shape index (κ1) is 16.5. The Balaban J connectivity index is 2.04. The number of nitrogens with zero attached hydrogens (tertiary/aromatic N) is 2. The fourth-order valence-electron chi connectivity index (χ4n) is 5.12. The molecule has 1 aromatic carbocycles. The van der Waals surface area contributed by atoms with Gasteiger partial charge in [0.1, 0.15) is 0 Å². The number of benzene rings is 1. The number of aromatic nitrogens is 2. The SMILES string of the molecule is C[C@@H]1C(=O)C(C#N)(C(=O)O)C[C@@]2(c3ccccc3)c3[nH]ncc3CCC12. The number of ketones is 1. The first-order valence-corrected chi connectivity index (χ1v) is 8.74. The monoisotopic (exact) mass is 349 g/mol. The first-order chi connectivity index (χ1) is 12.5. The molecular weight excluding hydrogens is 330 g/mol. The van der Waals surface area contributed by atoms with Crippen LogP contribution < -0.4 is 0 Å². The average molecular weight is 349 g/mol. The number of hydrogen-bond acceptors (Lipinski definition) is 4. The number of aryl methyl sites for hydroxylation is 1. The minimum absolute atomic E-state index is 0.0706. The summed E-state index contributed by atoms with van der Waals surface area (Å²) in [5, 5.41) is 26.9. The average Bonchev–Trinajstić information content (AvgIpc) is 3.14. The Morgan fingerprint density at radius 3 is 2.77 bits per heavy atom. The van der Waals surface area contributed by atoms with Crippen molar-refractivity contribution in [3.8, 4) is 6.07 Å². The molecule has 26 heavy (non-hydrogen) atoms. The lowest BCUT2D eigenvalue weighted by molar-refractivity contribution is -0.158. The number of rotatable bonds is 2. The van der Waals surface area contributed by atoms with Crippen molar-refractivity contribution in [1.29, 1.82) is 5.26 Å². The predicted molar refractivity (Wildman–Crippen MR) is 92.1 cm³/mol. The van der Waals surface area contributed by atoms with Gasteiger partial charge in [-0.3, -0.25) is 14.7 Å². The number of H-pyrrole nitrogens is 1. The Hall–Kier alpha value is -2.94. The van der Waals surface area contributed by atoms with Crippen molar-refractivity contribution in [3.63, 3.8) is 0 Å². The van der Waals surface area contributed by atoms with Crippen molar-refractivity contribution in [1.82, 2.24) is 10.2 Å². The second kappa shape index (κ2) is 5.53. The van der Waals surface area contributed by atoms with Gasteiger partial charge in [-0.1, -0.05) is 37.3 Å². The topological polar surface area (TPSA) is 107 Å². The van der Waals surface area contributed by atoms with E-state index >= 15 is 0 Å². The maximum atomic E-state index is 13.0. The third-order valence-electron chi connectivity index (χ3n) is 6.35. The lowest BCUT2D eigenvalue weighted by Gasteiger charge is -2.52. The molecule has 1 fully saturated rings. The lowest BCUT2D eigenvalue weighted by Crippen LogP contribution is -2.59. The van der Waals surface area contributed by atoms with E-state index in [0.717, 1.165) is 29.7 Å². The van der Waals surface area contributed by atoms with E-state index < -0.39 is 28.5 Å². The van der Waals surface area contributed by atoms with Gasteiger partial charge in [-0.15, -0.1) is 0 Å². The molecule has 6 nitrogen and oxygen atoms in total. The molecule has 2 aliphatic rings. The summed E-state index contributed by atoms with van der Waals surface area (Å²) in [5.41, 5.74) is 0.0117. The van der Waals surface area contributed by atoms with E-state index in [4.69, 9.17) is 0 Å². The van der Waals surface area contributed by atoms with Crippen LogP contribution in [-0.4, -0.2) is 27.1 Å². The fourth-order valence-corrected chi connectivity index (χ4v) is 5.12. The zero-order valence-corrected chi connectivity index (χ0v) is 14.4. The first-order valence-electron chi connectivity index (χ1n) is 8.74. The number of aliphatic carboxylic acids is 1. The number of nitrogens with one attached hydrogen (secondary N) is 1. The summed E-state index contributed by atoms with van der Waals surface area (Å²) in [6.45, 7) is 1.76. The predicted octanol–water partition coefficient (Wildman–Crippen LogP) is 2.46. The molecule has 1 aromatic heterocycles. The van der Waals surface area contributed by atoms with Crippen LogP contribution in [0.15, 0.2) is 36.5 Å². The quantitative estimate of drug-likeness (QED) is 0.810. The van der Waals surface area contributed by atoms with Crippen molar-refractivity contribution in [3.05, 3.63) is 53.3 Å². The second-order valence-corrected chi connectivity index (χ2v) is 7.40. The smallest absolute Gasteiger partial charge is 0.331 e. The normalized spacial score (nSPS) is 33.0. The molecular formula is C20H19N3O3. The standard InChI is InChI=1S/C20H19N3O3/c1-12-15-8-7-13-9-22-23-16(13)20(15,14-5-3-2-4-6-14)10-19(11-21,17(12)24)18(25)26/h2-6,9,12,15H,7-8,10H2,1H3,(H,22,23)(H,25,26)/t12-,15?,19?,20-/m0/s1. The van der Waals surface area contributed by atoms with Crippen LogP contribution in [-0.2, 0) is 21.4 Å². The van der Waals surface area contributed by atoms with Crippen LogP contribution in [0.25, 0.3) is 0 Å². The van der Waals surface area contributed by atoms with Gasteiger partial charge in [0.05, 0.1) is 12.3 Å². The summed E-state index contributed by atoms with van der Waals surface area (Å²) >= 11 is 0. The van der Waals surface area contributed by atoms with Crippen LogP contribution in [0.3, 0.4) is 0 Å². The second-order valence-electron chi connectivity index (χ2n) is 7.40. The third-order valence-corrected chi connectivity index (χ3v) is 6.35. The Kier molecular flexibility index (Phi) is 3.52. The van der Waals surface area contributed by atoms with Gasteiger partial charge in [-0.25, -0.2) is 0 Å². The Labute approximate surface area is 150 Å². The Morgan fingerprint density at radius 1 is 1.38 bits per heavy atom. The number of carbonyl (C=O) groups is 2. The van der Waals surface area contributed by atoms with E-state index in [1.54, 1.807) is 13.1 Å². The molecule has 132 valence electrons. The van der Waals surface area contributed by atoms with Gasteiger partial charge in [0.25, 0.3) is 0 Å². The van der Waals surface area contributed by atoms with Gasteiger partial charge in [0, 0.05) is 17.0 Å². The summed E-state index contributed by atoms with van der Waals surface area (Å²) in [6, 6.07) is 11.5. The molecule has 0 spiro atoms. The van der Waals surface area contributed by atoms with Crippen molar-refractivity contribution in [2.45, 2.75) is 31.6 Å². The number of hydrogen-bond donors (Lipinski definition) is 2. The minimum atomic E-state index is -2.05. The zero-order valence-electron chi connectivity index (χ0n) is 14.4. The number of fused-ring (bicyclic) bond motifs is 3. The van der Waals surface area contributed by atoms with Gasteiger partial charge in [-0.05, 0) is 36.3 Å². The van der Waals surface area contributed by atoms with Crippen molar-refractivity contribution < 1.29 is 14.7 Å². The van der Waals surface area contributed by atoms with Crippen LogP contribution in [0.2, 0.25) is 0 Å². The maximum absolute atomic E-state index is 13.0.